The zero-order valence-electron chi connectivity index (χ0n) is 39.1. The van der Waals surface area contributed by atoms with E-state index in [2.05, 4.69) is 83.1 Å². The molecule has 4 aromatic carbocycles. The summed E-state index contributed by atoms with van der Waals surface area (Å²) < 4.78 is 25.6. The van der Waals surface area contributed by atoms with Gasteiger partial charge in [0.1, 0.15) is 23.0 Å². The molecule has 2 aliphatic rings. The molecule has 0 aromatic heterocycles. The van der Waals surface area contributed by atoms with Gasteiger partial charge in [-0.25, -0.2) is 19.2 Å². The lowest BCUT2D eigenvalue weighted by Gasteiger charge is -2.38. The van der Waals surface area contributed by atoms with Gasteiger partial charge in [0.25, 0.3) is 0 Å². The van der Waals surface area contributed by atoms with Crippen LogP contribution < -0.4 is 18.9 Å². The van der Waals surface area contributed by atoms with E-state index in [9.17, 15) is 39.6 Å². The van der Waals surface area contributed by atoms with Crippen LogP contribution in [0.25, 0.3) is 0 Å². The summed E-state index contributed by atoms with van der Waals surface area (Å²) in [6.45, 7) is 22.1. The summed E-state index contributed by atoms with van der Waals surface area (Å²) in [5.74, 6) is -3.61. The van der Waals surface area contributed by atoms with E-state index >= 15 is 0 Å². The van der Waals surface area contributed by atoms with Crippen LogP contribution in [0.1, 0.15) is 150 Å². The number of rotatable bonds is 12. The van der Waals surface area contributed by atoms with Gasteiger partial charge in [0.15, 0.2) is 26.4 Å². The average Bonchev–Trinajstić information content (AvgIpc) is 3.32. The lowest BCUT2D eigenvalue weighted by molar-refractivity contribution is -0.140. The number of benzene rings is 4. The number of hydrogen-bond acceptors (Lipinski definition) is 8. The van der Waals surface area contributed by atoms with Crippen LogP contribution >= 0.6 is 0 Å². The number of hydrogen-bond donors (Lipinski definition) is 4. The Kier molecular flexibility index (Phi) is 12.5. The molecule has 0 aliphatic heterocycles. The van der Waals surface area contributed by atoms with Crippen molar-refractivity contribution >= 4 is 23.9 Å². The van der Waals surface area contributed by atoms with Crippen LogP contribution in [0.2, 0.25) is 0 Å². The maximum absolute atomic E-state index is 12.6. The Balaban J connectivity index is 1.96. The number of ether oxygens (including phenoxy) is 4. The highest BCUT2D eigenvalue weighted by Gasteiger charge is 2.51. The molecule has 12 heteroatoms. The van der Waals surface area contributed by atoms with Gasteiger partial charge < -0.3 is 39.4 Å². The van der Waals surface area contributed by atoms with Crippen molar-refractivity contribution in [2.75, 3.05) is 26.4 Å². The van der Waals surface area contributed by atoms with Crippen LogP contribution in [0.4, 0.5) is 0 Å². The molecule has 342 valence electrons. The van der Waals surface area contributed by atoms with Crippen LogP contribution in [-0.4, -0.2) is 70.7 Å². The van der Waals surface area contributed by atoms with Gasteiger partial charge in [0.05, 0.1) is 5.41 Å². The molecule has 0 unspecified atom stereocenters. The van der Waals surface area contributed by atoms with Crippen LogP contribution in [0.5, 0.6) is 23.0 Å². The monoisotopic (exact) mass is 878 g/mol. The molecular weight excluding hydrogens is 817 g/mol. The first-order valence-electron chi connectivity index (χ1n) is 21.6. The SMILES string of the molecule is CC(C)(C)c1cc2c(OCC(=O)O)c(c1)Cc1cc(C(C)(C)C)cc(c1OCC(=O)O)C1(Cc3cc(C(C)(C)C)cc1c3OCC(=O)O)c1cc(C(C)(C)C)cc(c1OCC(=O)O)C2. The molecule has 0 saturated heterocycles. The third-order valence-corrected chi connectivity index (χ3v) is 12.2. The van der Waals surface area contributed by atoms with Crippen LogP contribution in [0, 0.1) is 0 Å². The van der Waals surface area contributed by atoms with E-state index in [1.54, 1.807) is 0 Å². The molecule has 12 nitrogen and oxygen atoms in total. The quantitative estimate of drug-likeness (QED) is 0.106. The standard InChI is InChI=1S/C52H62O12/c1-48(2,3)33-15-28-13-30-17-34(49(4,5)6)20-37(45(30)62-25-41(55)56)52(23-32-19-36(51(10,11)12)22-39(52)47(32)64-27-43(59)60)38-21-35(50(7,8)9)18-31(46(38)63-26-42(57)58)14-29(16-33)44(28)61-24-40(53)54/h15-22H,13-14,23-27H2,1-12H3,(H,53,54)(H,55,56)(H,57,58)(H,59,60). The van der Waals surface area contributed by atoms with Crippen molar-refractivity contribution in [2.24, 2.45) is 0 Å². The third-order valence-electron chi connectivity index (χ3n) is 12.2. The van der Waals surface area contributed by atoms with Gasteiger partial charge in [-0.2, -0.15) is 0 Å². The molecule has 1 spiro atoms. The minimum absolute atomic E-state index is 0.143. The summed E-state index contributed by atoms with van der Waals surface area (Å²) in [6.07, 6.45) is 0.474. The fourth-order valence-corrected chi connectivity index (χ4v) is 8.81. The maximum Gasteiger partial charge on any atom is 0.341 e. The van der Waals surface area contributed by atoms with Gasteiger partial charge in [-0.15, -0.1) is 0 Å². The van der Waals surface area contributed by atoms with Crippen molar-refractivity contribution in [3.05, 3.63) is 115 Å². The van der Waals surface area contributed by atoms with E-state index in [1.807, 2.05) is 48.5 Å². The summed E-state index contributed by atoms with van der Waals surface area (Å²) in [7, 11) is 0. The highest BCUT2D eigenvalue weighted by Crippen LogP contribution is 2.60. The predicted molar refractivity (Wildman–Crippen MR) is 242 cm³/mol. The second kappa shape index (κ2) is 16.8. The minimum atomic E-state index is -1.35. The van der Waals surface area contributed by atoms with Crippen LogP contribution in [0.15, 0.2) is 48.5 Å². The summed E-state index contributed by atoms with van der Waals surface area (Å²) in [4.78, 5) is 49.6. The van der Waals surface area contributed by atoms with Crippen molar-refractivity contribution in [2.45, 2.75) is 129 Å². The first-order valence-corrected chi connectivity index (χ1v) is 21.6. The van der Waals surface area contributed by atoms with E-state index in [4.69, 9.17) is 18.9 Å². The predicted octanol–water partition coefficient (Wildman–Crippen LogP) is 9.12. The van der Waals surface area contributed by atoms with Gasteiger partial charge in [-0.1, -0.05) is 132 Å². The Morgan fingerprint density at radius 3 is 0.922 bits per heavy atom. The van der Waals surface area contributed by atoms with Gasteiger partial charge >= 0.3 is 23.9 Å². The number of fused-ring (bicyclic) bond motifs is 11. The zero-order chi connectivity index (χ0) is 47.5. The molecule has 0 fully saturated rings. The molecule has 64 heavy (non-hydrogen) atoms. The van der Waals surface area contributed by atoms with Crippen LogP contribution in [0.3, 0.4) is 0 Å². The van der Waals surface area contributed by atoms with E-state index in [0.717, 1.165) is 22.3 Å². The van der Waals surface area contributed by atoms with Crippen molar-refractivity contribution < 1.29 is 58.6 Å². The van der Waals surface area contributed by atoms with Crippen molar-refractivity contribution in [1.82, 2.24) is 0 Å². The normalized spacial score (nSPS) is 14.3. The fourth-order valence-electron chi connectivity index (χ4n) is 8.81. The van der Waals surface area contributed by atoms with Crippen molar-refractivity contribution in [3.63, 3.8) is 0 Å². The third kappa shape index (κ3) is 9.56. The molecule has 0 heterocycles. The van der Waals surface area contributed by atoms with E-state index in [1.165, 1.54) is 0 Å². The molecule has 8 bridgehead atoms. The highest BCUT2D eigenvalue weighted by molar-refractivity contribution is 5.76. The van der Waals surface area contributed by atoms with Gasteiger partial charge in [0.2, 0.25) is 0 Å². The average molecular weight is 879 g/mol. The van der Waals surface area contributed by atoms with E-state index in [0.29, 0.717) is 56.0 Å². The smallest absolute Gasteiger partial charge is 0.341 e. The van der Waals surface area contributed by atoms with Gasteiger partial charge in [0, 0.05) is 29.5 Å². The van der Waals surface area contributed by atoms with Crippen molar-refractivity contribution in [1.29, 1.82) is 0 Å². The summed E-state index contributed by atoms with van der Waals surface area (Å²) in [5, 5.41) is 40.5. The molecule has 0 radical (unpaired) electrons. The molecule has 0 atom stereocenters. The van der Waals surface area contributed by atoms with Gasteiger partial charge in [-0.05, 0) is 78.2 Å². The number of carboxylic acid groups (broad SMARTS) is 4. The Bertz CT molecular complexity index is 2420. The highest BCUT2D eigenvalue weighted by atomic mass is 16.5. The second-order valence-corrected chi connectivity index (χ2v) is 21.3. The number of carboxylic acids is 4. The fraction of sp³-hybridized carbons (Fsp3) is 0.462. The first kappa shape index (κ1) is 47.4. The number of aliphatic carboxylic acids is 4. The molecule has 6 rings (SSSR count). The van der Waals surface area contributed by atoms with Gasteiger partial charge in [-0.3, -0.25) is 0 Å². The lowest BCUT2D eigenvalue weighted by atomic mass is 9.65. The molecule has 4 N–H and O–H groups in total. The molecule has 4 aromatic rings. The first-order chi connectivity index (χ1) is 29.5. The molecular formula is C52H62O12. The summed E-state index contributed by atoms with van der Waals surface area (Å²) in [6, 6.07) is 16.1. The molecule has 0 saturated carbocycles. The number of carbonyl (C=O) groups is 4. The maximum atomic E-state index is 12.6. The zero-order valence-corrected chi connectivity index (χ0v) is 39.1. The van der Waals surface area contributed by atoms with E-state index in [-0.39, 0.29) is 30.8 Å². The minimum Gasteiger partial charge on any atom is -0.481 e. The molecule has 2 aliphatic carbocycles. The van der Waals surface area contributed by atoms with Crippen LogP contribution in [-0.2, 0) is 65.5 Å². The van der Waals surface area contributed by atoms with E-state index < -0.39 is 77.4 Å². The Labute approximate surface area is 375 Å². The Hall–Kier alpha value is -6.04. The lowest BCUT2D eigenvalue weighted by Crippen LogP contribution is -2.33. The second-order valence-electron chi connectivity index (χ2n) is 21.3. The summed E-state index contributed by atoms with van der Waals surface area (Å²) in [5.41, 5.74) is 5.32. The largest absolute Gasteiger partial charge is 0.481 e. The Morgan fingerprint density at radius 2 is 0.641 bits per heavy atom. The summed E-state index contributed by atoms with van der Waals surface area (Å²) >= 11 is 0. The Morgan fingerprint density at radius 1 is 0.406 bits per heavy atom. The van der Waals surface area contributed by atoms with Crippen molar-refractivity contribution in [3.8, 4) is 23.0 Å². The topological polar surface area (TPSA) is 186 Å². The molecule has 0 amide bonds.